The van der Waals surface area contributed by atoms with Crippen LogP contribution in [0.15, 0.2) is 75.6 Å². The Hall–Kier alpha value is -3.72. The molecule has 0 radical (unpaired) electrons. The number of amides is 1. The summed E-state index contributed by atoms with van der Waals surface area (Å²) in [6.07, 6.45) is 0. The van der Waals surface area contributed by atoms with Crippen LogP contribution in [-0.4, -0.2) is 46.1 Å². The topological polar surface area (TPSA) is 67.5 Å². The summed E-state index contributed by atoms with van der Waals surface area (Å²) >= 11 is 1.26. The average Bonchev–Trinajstić information content (AvgIpc) is 3.33. The third-order valence-electron chi connectivity index (χ3n) is 5.89. The van der Waals surface area contributed by atoms with E-state index in [9.17, 15) is 18.8 Å². The number of rotatable bonds is 4. The van der Waals surface area contributed by atoms with Crippen molar-refractivity contribution < 1.29 is 9.18 Å². The first-order valence-electron chi connectivity index (χ1n) is 10.6. The predicted molar refractivity (Wildman–Crippen MR) is 127 cm³/mol. The van der Waals surface area contributed by atoms with Crippen LogP contribution < -0.4 is 16.1 Å². The van der Waals surface area contributed by atoms with E-state index in [1.54, 1.807) is 52.7 Å². The van der Waals surface area contributed by atoms with Crippen LogP contribution >= 0.6 is 11.3 Å². The lowest BCUT2D eigenvalue weighted by Gasteiger charge is -2.36. The van der Waals surface area contributed by atoms with E-state index >= 15 is 0 Å². The highest BCUT2D eigenvalue weighted by atomic mass is 32.1. The second-order valence-corrected chi connectivity index (χ2v) is 8.74. The van der Waals surface area contributed by atoms with E-state index in [-0.39, 0.29) is 23.8 Å². The molecule has 0 atom stereocenters. The van der Waals surface area contributed by atoms with E-state index in [1.165, 1.54) is 28.0 Å². The number of benzene rings is 2. The zero-order valence-electron chi connectivity index (χ0n) is 17.7. The van der Waals surface area contributed by atoms with Gasteiger partial charge in [0.2, 0.25) is 5.91 Å². The number of hydrogen-bond donors (Lipinski definition) is 0. The molecule has 0 saturated carbocycles. The fourth-order valence-corrected chi connectivity index (χ4v) is 4.97. The minimum absolute atomic E-state index is 0.143. The van der Waals surface area contributed by atoms with E-state index < -0.39 is 5.69 Å². The lowest BCUT2D eigenvalue weighted by atomic mass is 10.2. The van der Waals surface area contributed by atoms with Gasteiger partial charge in [-0.25, -0.2) is 13.8 Å². The number of fused-ring (bicyclic) bond motifs is 1. The van der Waals surface area contributed by atoms with Crippen molar-refractivity contribution in [2.24, 2.45) is 0 Å². The third kappa shape index (κ3) is 3.95. The van der Waals surface area contributed by atoms with Crippen LogP contribution in [0.3, 0.4) is 0 Å². The van der Waals surface area contributed by atoms with Crippen molar-refractivity contribution in [3.8, 4) is 5.69 Å². The van der Waals surface area contributed by atoms with Crippen LogP contribution in [0.25, 0.3) is 15.9 Å². The van der Waals surface area contributed by atoms with Crippen molar-refractivity contribution in [1.29, 1.82) is 0 Å². The average molecular weight is 465 g/mol. The van der Waals surface area contributed by atoms with Gasteiger partial charge in [0.05, 0.1) is 11.2 Å². The van der Waals surface area contributed by atoms with Gasteiger partial charge in [-0.15, -0.1) is 11.3 Å². The van der Waals surface area contributed by atoms with Crippen LogP contribution in [0.4, 0.5) is 10.1 Å². The molecule has 168 valence electrons. The molecular weight excluding hydrogens is 443 g/mol. The summed E-state index contributed by atoms with van der Waals surface area (Å²) < 4.78 is 16.1. The van der Waals surface area contributed by atoms with Crippen LogP contribution in [0.2, 0.25) is 0 Å². The molecule has 7 nitrogen and oxygen atoms in total. The summed E-state index contributed by atoms with van der Waals surface area (Å²) in [5.41, 5.74) is 0.940. The van der Waals surface area contributed by atoms with Gasteiger partial charge in [0, 0.05) is 31.9 Å². The lowest BCUT2D eigenvalue weighted by Crippen LogP contribution is -2.50. The van der Waals surface area contributed by atoms with Crippen molar-refractivity contribution in [2.75, 3.05) is 31.1 Å². The standard InChI is InChI=1S/C24H21FN4O3S/c25-17-6-8-18(9-7-17)26-11-13-27(14-12-26)21(30)16-28-20-10-15-33-22(20)23(31)29(24(28)32)19-4-2-1-3-5-19/h1-10,15H,11-14,16H2. The number of carbonyl (C=O) groups excluding carboxylic acids is 1. The first-order chi connectivity index (χ1) is 16.0. The number of halogens is 1. The van der Waals surface area contributed by atoms with Crippen molar-refractivity contribution in [3.63, 3.8) is 0 Å². The fourth-order valence-electron chi connectivity index (χ4n) is 4.15. The highest BCUT2D eigenvalue weighted by molar-refractivity contribution is 7.17. The minimum atomic E-state index is -0.532. The fraction of sp³-hybridized carbons (Fsp3) is 0.208. The highest BCUT2D eigenvalue weighted by Gasteiger charge is 2.24. The van der Waals surface area contributed by atoms with Crippen molar-refractivity contribution >= 4 is 33.1 Å². The van der Waals surface area contributed by atoms with Gasteiger partial charge in [0.25, 0.3) is 5.56 Å². The van der Waals surface area contributed by atoms with E-state index in [2.05, 4.69) is 4.90 Å². The molecule has 0 N–H and O–H groups in total. The summed E-state index contributed by atoms with van der Waals surface area (Å²) in [6, 6.07) is 16.7. The van der Waals surface area contributed by atoms with Gasteiger partial charge >= 0.3 is 5.69 Å². The maximum absolute atomic E-state index is 13.3. The van der Waals surface area contributed by atoms with E-state index in [1.807, 2.05) is 6.07 Å². The molecule has 0 aliphatic carbocycles. The Labute approximate surface area is 192 Å². The molecule has 0 spiro atoms. The molecule has 33 heavy (non-hydrogen) atoms. The van der Waals surface area contributed by atoms with Crippen LogP contribution in [-0.2, 0) is 11.3 Å². The zero-order valence-corrected chi connectivity index (χ0v) is 18.5. The zero-order chi connectivity index (χ0) is 22.9. The quantitative estimate of drug-likeness (QED) is 0.466. The summed E-state index contributed by atoms with van der Waals surface area (Å²) in [4.78, 5) is 43.2. The molecule has 2 aromatic heterocycles. The number of nitrogens with zero attached hydrogens (tertiary/aromatic N) is 4. The Bertz CT molecular complexity index is 1420. The first kappa shape index (κ1) is 21.1. The van der Waals surface area contributed by atoms with E-state index in [0.717, 1.165) is 10.3 Å². The SMILES string of the molecule is O=C(Cn1c(=O)n(-c2ccccc2)c(=O)c2sccc21)N1CCN(c2ccc(F)cc2)CC1. The summed E-state index contributed by atoms with van der Waals surface area (Å²) in [5, 5.41) is 1.75. The molecule has 2 aromatic carbocycles. The van der Waals surface area contributed by atoms with Gasteiger partial charge in [-0.2, -0.15) is 0 Å². The molecule has 1 aliphatic rings. The largest absolute Gasteiger partial charge is 0.368 e. The van der Waals surface area contributed by atoms with Gasteiger partial charge in [-0.3, -0.25) is 14.2 Å². The van der Waals surface area contributed by atoms with E-state index in [0.29, 0.717) is 42.1 Å². The maximum Gasteiger partial charge on any atom is 0.336 e. The van der Waals surface area contributed by atoms with E-state index in [4.69, 9.17) is 0 Å². The second kappa shape index (κ2) is 8.67. The number of piperazine rings is 1. The number of hydrogen-bond acceptors (Lipinski definition) is 5. The number of aromatic nitrogens is 2. The Morgan fingerprint density at radius 1 is 0.879 bits per heavy atom. The smallest absolute Gasteiger partial charge is 0.336 e. The van der Waals surface area contributed by atoms with Gasteiger partial charge in [0.15, 0.2) is 0 Å². The van der Waals surface area contributed by atoms with Gasteiger partial charge in [0.1, 0.15) is 17.1 Å². The Morgan fingerprint density at radius 3 is 2.27 bits per heavy atom. The molecule has 4 aromatic rings. The van der Waals surface area contributed by atoms with Crippen molar-refractivity contribution in [3.05, 3.63) is 92.7 Å². The van der Waals surface area contributed by atoms with Gasteiger partial charge in [-0.05, 0) is 47.8 Å². The Morgan fingerprint density at radius 2 is 1.58 bits per heavy atom. The third-order valence-corrected chi connectivity index (χ3v) is 6.78. The Balaban J connectivity index is 1.40. The first-order valence-corrected chi connectivity index (χ1v) is 11.5. The number of thiophene rings is 1. The molecule has 1 amide bonds. The van der Waals surface area contributed by atoms with Crippen LogP contribution in [0, 0.1) is 5.82 Å². The normalized spacial score (nSPS) is 14.1. The number of para-hydroxylation sites is 1. The van der Waals surface area contributed by atoms with Crippen molar-refractivity contribution in [1.82, 2.24) is 14.0 Å². The summed E-state index contributed by atoms with van der Waals surface area (Å²) in [6.45, 7) is 2.08. The molecule has 3 heterocycles. The Kier molecular flexibility index (Phi) is 5.55. The van der Waals surface area contributed by atoms with Gasteiger partial charge in [-0.1, -0.05) is 18.2 Å². The van der Waals surface area contributed by atoms with Crippen LogP contribution in [0.5, 0.6) is 0 Å². The molecule has 0 unspecified atom stereocenters. The molecule has 1 saturated heterocycles. The monoisotopic (exact) mass is 464 g/mol. The summed E-state index contributed by atoms with van der Waals surface area (Å²) in [7, 11) is 0. The molecule has 5 rings (SSSR count). The summed E-state index contributed by atoms with van der Waals surface area (Å²) in [5.74, 6) is -0.462. The second-order valence-electron chi connectivity index (χ2n) is 7.82. The molecular formula is C24H21FN4O3S. The van der Waals surface area contributed by atoms with Crippen LogP contribution in [0.1, 0.15) is 0 Å². The maximum atomic E-state index is 13.3. The predicted octanol–water partition coefficient (Wildman–Crippen LogP) is 2.70. The minimum Gasteiger partial charge on any atom is -0.368 e. The molecule has 0 bridgehead atoms. The lowest BCUT2D eigenvalue weighted by molar-refractivity contribution is -0.132. The number of carbonyl (C=O) groups is 1. The van der Waals surface area contributed by atoms with Gasteiger partial charge < -0.3 is 9.80 Å². The molecule has 9 heteroatoms. The molecule has 1 aliphatic heterocycles. The number of anilines is 1. The molecule has 1 fully saturated rings. The van der Waals surface area contributed by atoms with Crippen molar-refractivity contribution in [2.45, 2.75) is 6.54 Å². The highest BCUT2D eigenvalue weighted by Crippen LogP contribution is 2.19.